The monoisotopic (exact) mass is 263 g/mol. The molecule has 0 spiro atoms. The van der Waals surface area contributed by atoms with Crippen LogP contribution in [-0.4, -0.2) is 12.4 Å². The van der Waals surface area contributed by atoms with E-state index in [0.717, 1.165) is 35.7 Å². The molecule has 0 aliphatic heterocycles. The van der Waals surface area contributed by atoms with E-state index in [9.17, 15) is 0 Å². The fourth-order valence-corrected chi connectivity index (χ4v) is 2.21. The second-order valence-corrected chi connectivity index (χ2v) is 4.98. The van der Waals surface area contributed by atoms with Gasteiger partial charge in [0.2, 0.25) is 0 Å². The zero-order chi connectivity index (χ0) is 13.4. The Hall–Kier alpha value is -1.14. The van der Waals surface area contributed by atoms with E-state index in [4.69, 9.17) is 10.00 Å². The topological polar surface area (TPSA) is 33.0 Å². The summed E-state index contributed by atoms with van der Waals surface area (Å²) in [6.07, 6.45) is 4.66. The molecule has 0 aliphatic rings. The standard InChI is InChI=1S/C15H21NOS/c1-12-9-14(11-16)10-13(2)15(12)17-7-5-3-4-6-8-18/h9-10,18H,3-8H2,1-2H3. The van der Waals surface area contributed by atoms with Gasteiger partial charge in [0.15, 0.2) is 0 Å². The van der Waals surface area contributed by atoms with E-state index in [1.54, 1.807) is 0 Å². The maximum Gasteiger partial charge on any atom is 0.125 e. The van der Waals surface area contributed by atoms with Crippen LogP contribution in [0.1, 0.15) is 42.4 Å². The molecule has 0 aliphatic carbocycles. The van der Waals surface area contributed by atoms with Crippen LogP contribution in [0.3, 0.4) is 0 Å². The van der Waals surface area contributed by atoms with Gasteiger partial charge in [-0.2, -0.15) is 17.9 Å². The minimum absolute atomic E-state index is 0.700. The van der Waals surface area contributed by atoms with Crippen molar-refractivity contribution in [3.63, 3.8) is 0 Å². The number of nitrogens with zero attached hydrogens (tertiary/aromatic N) is 1. The predicted molar refractivity (Wildman–Crippen MR) is 78.4 cm³/mol. The number of hydrogen-bond acceptors (Lipinski definition) is 3. The van der Waals surface area contributed by atoms with Crippen molar-refractivity contribution in [3.8, 4) is 11.8 Å². The van der Waals surface area contributed by atoms with Gasteiger partial charge in [0.25, 0.3) is 0 Å². The van der Waals surface area contributed by atoms with Crippen molar-refractivity contribution in [3.05, 3.63) is 28.8 Å². The van der Waals surface area contributed by atoms with E-state index in [-0.39, 0.29) is 0 Å². The molecule has 0 atom stereocenters. The highest BCUT2D eigenvalue weighted by Gasteiger charge is 2.06. The molecule has 98 valence electrons. The summed E-state index contributed by atoms with van der Waals surface area (Å²) in [5, 5.41) is 8.88. The fraction of sp³-hybridized carbons (Fsp3) is 0.533. The Kier molecular flexibility index (Phi) is 6.67. The van der Waals surface area contributed by atoms with Crippen LogP contribution >= 0.6 is 12.6 Å². The first-order valence-electron chi connectivity index (χ1n) is 6.44. The number of unbranched alkanes of at least 4 members (excludes halogenated alkanes) is 3. The van der Waals surface area contributed by atoms with Crippen LogP contribution in [0.25, 0.3) is 0 Å². The first-order valence-corrected chi connectivity index (χ1v) is 7.07. The van der Waals surface area contributed by atoms with E-state index in [0.29, 0.717) is 5.56 Å². The van der Waals surface area contributed by atoms with Crippen molar-refractivity contribution in [1.29, 1.82) is 5.26 Å². The van der Waals surface area contributed by atoms with Crippen molar-refractivity contribution >= 4 is 12.6 Å². The first-order chi connectivity index (χ1) is 8.69. The molecular weight excluding hydrogens is 242 g/mol. The van der Waals surface area contributed by atoms with E-state index < -0.39 is 0 Å². The molecule has 0 aromatic heterocycles. The summed E-state index contributed by atoms with van der Waals surface area (Å²) >= 11 is 4.19. The molecule has 1 aromatic rings. The first kappa shape index (κ1) is 14.9. The summed E-state index contributed by atoms with van der Waals surface area (Å²) in [7, 11) is 0. The van der Waals surface area contributed by atoms with E-state index >= 15 is 0 Å². The third-order valence-electron chi connectivity index (χ3n) is 2.89. The molecular formula is C15H21NOS. The number of rotatable bonds is 7. The molecule has 1 rings (SSSR count). The maximum absolute atomic E-state index is 8.88. The Balaban J connectivity index is 2.45. The molecule has 2 nitrogen and oxygen atoms in total. The summed E-state index contributed by atoms with van der Waals surface area (Å²) in [5.41, 5.74) is 2.79. The lowest BCUT2D eigenvalue weighted by molar-refractivity contribution is 0.301. The van der Waals surface area contributed by atoms with E-state index in [2.05, 4.69) is 18.7 Å². The van der Waals surface area contributed by atoms with Crippen LogP contribution in [0.2, 0.25) is 0 Å². The number of hydrogen-bond donors (Lipinski definition) is 1. The number of ether oxygens (including phenoxy) is 1. The molecule has 0 fully saturated rings. The quantitative estimate of drug-likeness (QED) is 0.595. The summed E-state index contributed by atoms with van der Waals surface area (Å²) in [6, 6.07) is 5.92. The Bertz CT molecular complexity index is 400. The SMILES string of the molecule is Cc1cc(C#N)cc(C)c1OCCCCCCS. The van der Waals surface area contributed by atoms with Crippen molar-refractivity contribution in [2.45, 2.75) is 39.5 Å². The summed E-state index contributed by atoms with van der Waals surface area (Å²) in [5.74, 6) is 1.90. The van der Waals surface area contributed by atoms with Gasteiger partial charge in [-0.05, 0) is 55.7 Å². The summed E-state index contributed by atoms with van der Waals surface area (Å²) in [6.45, 7) is 4.73. The number of nitriles is 1. The Morgan fingerprint density at radius 3 is 2.28 bits per heavy atom. The van der Waals surface area contributed by atoms with Crippen molar-refractivity contribution in [1.82, 2.24) is 0 Å². The minimum atomic E-state index is 0.700. The Labute approximate surface area is 115 Å². The van der Waals surface area contributed by atoms with Crippen LogP contribution in [0.4, 0.5) is 0 Å². The smallest absolute Gasteiger partial charge is 0.125 e. The Morgan fingerprint density at radius 1 is 1.11 bits per heavy atom. The maximum atomic E-state index is 8.88. The van der Waals surface area contributed by atoms with Crippen molar-refractivity contribution in [2.24, 2.45) is 0 Å². The van der Waals surface area contributed by atoms with Gasteiger partial charge in [-0.15, -0.1) is 0 Å². The number of aryl methyl sites for hydroxylation is 2. The van der Waals surface area contributed by atoms with Gasteiger partial charge < -0.3 is 4.74 Å². The molecule has 0 saturated carbocycles. The van der Waals surface area contributed by atoms with Gasteiger partial charge in [-0.25, -0.2) is 0 Å². The summed E-state index contributed by atoms with van der Waals surface area (Å²) in [4.78, 5) is 0. The van der Waals surface area contributed by atoms with E-state index in [1.165, 1.54) is 19.3 Å². The molecule has 0 bridgehead atoms. The molecule has 18 heavy (non-hydrogen) atoms. The molecule has 0 unspecified atom stereocenters. The third-order valence-corrected chi connectivity index (χ3v) is 3.20. The lowest BCUT2D eigenvalue weighted by atomic mass is 10.1. The van der Waals surface area contributed by atoms with Crippen molar-refractivity contribution in [2.75, 3.05) is 12.4 Å². The second-order valence-electron chi connectivity index (χ2n) is 4.54. The average Bonchev–Trinajstić information content (AvgIpc) is 2.35. The highest BCUT2D eigenvalue weighted by Crippen LogP contribution is 2.24. The third kappa shape index (κ3) is 4.62. The molecule has 0 heterocycles. The zero-order valence-electron chi connectivity index (χ0n) is 11.2. The zero-order valence-corrected chi connectivity index (χ0v) is 12.1. The van der Waals surface area contributed by atoms with Crippen LogP contribution in [-0.2, 0) is 0 Å². The Morgan fingerprint density at radius 2 is 1.72 bits per heavy atom. The van der Waals surface area contributed by atoms with Crippen LogP contribution < -0.4 is 4.74 Å². The lowest BCUT2D eigenvalue weighted by Crippen LogP contribution is -2.01. The number of thiol groups is 1. The molecule has 0 radical (unpaired) electrons. The van der Waals surface area contributed by atoms with Gasteiger partial charge in [-0.1, -0.05) is 12.8 Å². The predicted octanol–water partition coefficient (Wildman–Crippen LogP) is 4.04. The summed E-state index contributed by atoms with van der Waals surface area (Å²) < 4.78 is 5.82. The van der Waals surface area contributed by atoms with Gasteiger partial charge in [-0.3, -0.25) is 0 Å². The van der Waals surface area contributed by atoms with E-state index in [1.807, 2.05) is 26.0 Å². The van der Waals surface area contributed by atoms with Crippen LogP contribution in [0, 0.1) is 25.2 Å². The van der Waals surface area contributed by atoms with Crippen molar-refractivity contribution < 1.29 is 4.74 Å². The highest BCUT2D eigenvalue weighted by molar-refractivity contribution is 7.80. The highest BCUT2D eigenvalue weighted by atomic mass is 32.1. The molecule has 0 saturated heterocycles. The molecule has 0 N–H and O–H groups in total. The van der Waals surface area contributed by atoms with Gasteiger partial charge in [0, 0.05) is 0 Å². The normalized spacial score (nSPS) is 10.1. The van der Waals surface area contributed by atoms with Crippen LogP contribution in [0.5, 0.6) is 5.75 Å². The molecule has 0 amide bonds. The fourth-order valence-electron chi connectivity index (χ4n) is 1.98. The lowest BCUT2D eigenvalue weighted by Gasteiger charge is -2.12. The molecule has 3 heteroatoms. The molecule has 1 aromatic carbocycles. The van der Waals surface area contributed by atoms with Crippen LogP contribution in [0.15, 0.2) is 12.1 Å². The minimum Gasteiger partial charge on any atom is -0.493 e. The van der Waals surface area contributed by atoms with Gasteiger partial charge >= 0.3 is 0 Å². The van der Waals surface area contributed by atoms with Gasteiger partial charge in [0.05, 0.1) is 18.2 Å². The van der Waals surface area contributed by atoms with Gasteiger partial charge in [0.1, 0.15) is 5.75 Å². The average molecular weight is 263 g/mol. The largest absolute Gasteiger partial charge is 0.493 e. The number of benzene rings is 1. The second kappa shape index (κ2) is 8.05.